The highest BCUT2D eigenvalue weighted by molar-refractivity contribution is 5.78. The lowest BCUT2D eigenvalue weighted by molar-refractivity contribution is 0.415. The molecule has 0 aliphatic heterocycles. The minimum atomic E-state index is 0.509. The maximum Gasteiger partial charge on any atom is 0.129 e. The van der Waals surface area contributed by atoms with Gasteiger partial charge in [-0.15, -0.1) is 0 Å². The second kappa shape index (κ2) is 5.43. The van der Waals surface area contributed by atoms with E-state index in [2.05, 4.69) is 13.0 Å². The summed E-state index contributed by atoms with van der Waals surface area (Å²) in [5, 5.41) is 4.73. The fourth-order valence-corrected chi connectivity index (χ4v) is 3.44. The lowest BCUT2D eigenvalue weighted by atomic mass is 9.90. The smallest absolute Gasteiger partial charge is 0.129 e. The molecule has 1 saturated carbocycles. The van der Waals surface area contributed by atoms with Gasteiger partial charge < -0.3 is 10.5 Å². The van der Waals surface area contributed by atoms with Crippen LogP contribution in [-0.4, -0.2) is 16.9 Å². The third-order valence-electron chi connectivity index (χ3n) is 4.69. The second-order valence-electron chi connectivity index (χ2n) is 6.02. The van der Waals surface area contributed by atoms with Gasteiger partial charge in [-0.25, -0.2) is 0 Å². The number of nitrogen functional groups attached to an aromatic ring is 1. The molecule has 1 aromatic carbocycles. The highest BCUT2D eigenvalue weighted by Gasteiger charge is 2.31. The molecule has 112 valence electrons. The Balaban J connectivity index is 2.12. The van der Waals surface area contributed by atoms with Crippen molar-refractivity contribution in [1.82, 2.24) is 9.78 Å². The molecule has 4 heteroatoms. The van der Waals surface area contributed by atoms with Gasteiger partial charge in [0.1, 0.15) is 11.6 Å². The number of hydrogen-bond acceptors (Lipinski definition) is 3. The van der Waals surface area contributed by atoms with Gasteiger partial charge in [-0.1, -0.05) is 31.9 Å². The molecule has 21 heavy (non-hydrogen) atoms. The highest BCUT2D eigenvalue weighted by Crippen LogP contribution is 2.44. The van der Waals surface area contributed by atoms with Crippen molar-refractivity contribution in [2.24, 2.45) is 13.0 Å². The molecule has 0 amide bonds. The van der Waals surface area contributed by atoms with Crippen molar-refractivity contribution in [3.8, 4) is 16.9 Å². The summed E-state index contributed by atoms with van der Waals surface area (Å²) in [4.78, 5) is 0. The van der Waals surface area contributed by atoms with E-state index in [1.807, 2.05) is 25.2 Å². The molecule has 0 radical (unpaired) electrons. The normalized spacial score (nSPS) is 21.7. The molecule has 2 aromatic rings. The van der Waals surface area contributed by atoms with Crippen LogP contribution < -0.4 is 10.5 Å². The molecule has 1 aliphatic rings. The van der Waals surface area contributed by atoms with Gasteiger partial charge in [0.2, 0.25) is 0 Å². The van der Waals surface area contributed by atoms with E-state index in [-0.39, 0.29) is 0 Å². The predicted octanol–water partition coefficient (Wildman–Crippen LogP) is 3.58. The lowest BCUT2D eigenvalue weighted by Gasteiger charge is -2.15. The minimum absolute atomic E-state index is 0.509. The number of nitrogens with zero attached hydrogens (tertiary/aromatic N) is 2. The van der Waals surface area contributed by atoms with Crippen molar-refractivity contribution in [3.63, 3.8) is 0 Å². The Labute approximate surface area is 125 Å². The maximum absolute atomic E-state index is 6.30. The van der Waals surface area contributed by atoms with Crippen molar-refractivity contribution < 1.29 is 4.74 Å². The van der Waals surface area contributed by atoms with Crippen LogP contribution in [-0.2, 0) is 7.05 Å². The number of anilines is 1. The molecular weight excluding hydrogens is 262 g/mol. The van der Waals surface area contributed by atoms with Gasteiger partial charge >= 0.3 is 0 Å². The van der Waals surface area contributed by atoms with Crippen LogP contribution >= 0.6 is 0 Å². The number of rotatable bonds is 3. The molecule has 2 unspecified atom stereocenters. The van der Waals surface area contributed by atoms with Crippen molar-refractivity contribution in [2.45, 2.75) is 32.1 Å². The molecule has 0 saturated heterocycles. The van der Waals surface area contributed by atoms with E-state index in [0.717, 1.165) is 28.4 Å². The van der Waals surface area contributed by atoms with Gasteiger partial charge in [-0.05, 0) is 30.0 Å². The third kappa shape index (κ3) is 2.39. The molecular formula is C17H23N3O. The average Bonchev–Trinajstić information content (AvgIpc) is 3.03. The summed E-state index contributed by atoms with van der Waals surface area (Å²) in [7, 11) is 3.60. The highest BCUT2D eigenvalue weighted by atomic mass is 16.5. The molecule has 1 fully saturated rings. The first kappa shape index (κ1) is 14.0. The van der Waals surface area contributed by atoms with Gasteiger partial charge in [0, 0.05) is 18.5 Å². The Hall–Kier alpha value is -1.97. The van der Waals surface area contributed by atoms with E-state index in [0.29, 0.717) is 11.8 Å². The SMILES string of the molecule is COc1cccc(-c2c(C3CCCC3C)nn(C)c2N)c1. The number of aromatic nitrogens is 2. The van der Waals surface area contributed by atoms with Gasteiger partial charge in [0.15, 0.2) is 0 Å². The minimum Gasteiger partial charge on any atom is -0.497 e. The summed E-state index contributed by atoms with van der Waals surface area (Å²) in [6.07, 6.45) is 3.76. The van der Waals surface area contributed by atoms with Crippen LogP contribution in [0.1, 0.15) is 37.8 Å². The average molecular weight is 285 g/mol. The standard InChI is InChI=1S/C17H23N3O/c1-11-6-4-9-14(11)16-15(17(18)20(2)19-16)12-7-5-8-13(10-12)21-3/h5,7-8,10-11,14H,4,6,9,18H2,1-3H3. The van der Waals surface area contributed by atoms with E-state index in [1.165, 1.54) is 19.3 Å². The largest absolute Gasteiger partial charge is 0.497 e. The number of benzene rings is 1. The molecule has 2 N–H and O–H groups in total. The Kier molecular flexibility index (Phi) is 3.62. The number of ether oxygens (including phenoxy) is 1. The Morgan fingerprint density at radius 2 is 2.14 bits per heavy atom. The molecule has 1 aromatic heterocycles. The number of methoxy groups -OCH3 is 1. The van der Waals surface area contributed by atoms with E-state index >= 15 is 0 Å². The monoisotopic (exact) mass is 285 g/mol. The van der Waals surface area contributed by atoms with Crippen LogP contribution in [0.25, 0.3) is 11.1 Å². The second-order valence-corrected chi connectivity index (χ2v) is 6.02. The summed E-state index contributed by atoms with van der Waals surface area (Å²) in [6, 6.07) is 8.08. The molecule has 1 heterocycles. The first-order valence-electron chi connectivity index (χ1n) is 7.58. The van der Waals surface area contributed by atoms with Crippen molar-refractivity contribution >= 4 is 5.82 Å². The topological polar surface area (TPSA) is 53.1 Å². The zero-order chi connectivity index (χ0) is 15.0. The third-order valence-corrected chi connectivity index (χ3v) is 4.69. The Bertz CT molecular complexity index is 647. The molecule has 3 rings (SSSR count). The zero-order valence-electron chi connectivity index (χ0n) is 13.0. The molecule has 1 aliphatic carbocycles. The summed E-state index contributed by atoms with van der Waals surface area (Å²) >= 11 is 0. The molecule has 0 bridgehead atoms. The number of nitrogens with two attached hydrogens (primary N) is 1. The number of hydrogen-bond donors (Lipinski definition) is 1. The number of aryl methyl sites for hydroxylation is 1. The van der Waals surface area contributed by atoms with E-state index in [1.54, 1.807) is 11.8 Å². The van der Waals surface area contributed by atoms with Gasteiger partial charge in [0.05, 0.1) is 12.8 Å². The van der Waals surface area contributed by atoms with Crippen LogP contribution in [0.5, 0.6) is 5.75 Å². The molecule has 4 nitrogen and oxygen atoms in total. The van der Waals surface area contributed by atoms with Gasteiger partial charge in [0.25, 0.3) is 0 Å². The van der Waals surface area contributed by atoms with Crippen molar-refractivity contribution in [2.75, 3.05) is 12.8 Å². The van der Waals surface area contributed by atoms with Crippen LogP contribution in [0.4, 0.5) is 5.82 Å². The van der Waals surface area contributed by atoms with Crippen molar-refractivity contribution in [1.29, 1.82) is 0 Å². The van der Waals surface area contributed by atoms with Gasteiger partial charge in [-0.2, -0.15) is 5.10 Å². The Morgan fingerprint density at radius 1 is 1.33 bits per heavy atom. The Morgan fingerprint density at radius 3 is 2.81 bits per heavy atom. The first-order chi connectivity index (χ1) is 10.1. The van der Waals surface area contributed by atoms with E-state index in [9.17, 15) is 0 Å². The first-order valence-corrected chi connectivity index (χ1v) is 7.58. The summed E-state index contributed by atoms with van der Waals surface area (Å²) in [6.45, 7) is 2.32. The lowest BCUT2D eigenvalue weighted by Crippen LogP contribution is -2.05. The summed E-state index contributed by atoms with van der Waals surface area (Å²) in [5.41, 5.74) is 9.62. The van der Waals surface area contributed by atoms with Gasteiger partial charge in [-0.3, -0.25) is 4.68 Å². The van der Waals surface area contributed by atoms with E-state index in [4.69, 9.17) is 15.6 Å². The summed E-state index contributed by atoms with van der Waals surface area (Å²) < 4.78 is 7.14. The van der Waals surface area contributed by atoms with Crippen LogP contribution in [0.2, 0.25) is 0 Å². The van der Waals surface area contributed by atoms with E-state index < -0.39 is 0 Å². The fraction of sp³-hybridized carbons (Fsp3) is 0.471. The van der Waals surface area contributed by atoms with Crippen LogP contribution in [0.15, 0.2) is 24.3 Å². The van der Waals surface area contributed by atoms with Crippen molar-refractivity contribution in [3.05, 3.63) is 30.0 Å². The zero-order valence-corrected chi connectivity index (χ0v) is 13.0. The quantitative estimate of drug-likeness (QED) is 0.937. The molecule has 0 spiro atoms. The fourth-order valence-electron chi connectivity index (χ4n) is 3.44. The summed E-state index contributed by atoms with van der Waals surface area (Å²) in [5.74, 6) is 2.76. The van der Waals surface area contributed by atoms with Crippen LogP contribution in [0, 0.1) is 5.92 Å². The maximum atomic E-state index is 6.30. The predicted molar refractivity (Wildman–Crippen MR) is 85.4 cm³/mol. The molecule has 2 atom stereocenters. The van der Waals surface area contributed by atoms with Crippen LogP contribution in [0.3, 0.4) is 0 Å².